The topological polar surface area (TPSA) is 95.6 Å². The molecule has 7 nitrogen and oxygen atoms in total. The van der Waals surface area contributed by atoms with Crippen LogP contribution in [0, 0.1) is 0 Å². The molecule has 0 bridgehead atoms. The van der Waals surface area contributed by atoms with Crippen molar-refractivity contribution in [3.8, 4) is 0 Å². The molecule has 2 aliphatic rings. The molecule has 0 unspecified atom stereocenters. The quantitative estimate of drug-likeness (QED) is 0.750. The maximum Gasteiger partial charge on any atom is 0.269 e. The number of amides is 2. The van der Waals surface area contributed by atoms with E-state index in [9.17, 15) is 18.0 Å². The number of sulfonamides is 1. The summed E-state index contributed by atoms with van der Waals surface area (Å²) in [7, 11) is -3.61. The Kier molecular flexibility index (Phi) is 5.38. The molecule has 29 heavy (non-hydrogen) atoms. The van der Waals surface area contributed by atoms with Gasteiger partial charge in [-0.1, -0.05) is 12.1 Å². The molecule has 2 amide bonds. The SMILES string of the molecule is O=C(NNC(=O)c1ccc2c(c1)CCC2)c1cccc(S(=O)(=O)N2CCCC2)c1. The van der Waals surface area contributed by atoms with Gasteiger partial charge >= 0.3 is 0 Å². The first-order valence-electron chi connectivity index (χ1n) is 9.78. The lowest BCUT2D eigenvalue weighted by atomic mass is 10.1. The Labute approximate surface area is 170 Å². The van der Waals surface area contributed by atoms with Crippen LogP contribution in [0.5, 0.6) is 0 Å². The predicted molar refractivity (Wildman–Crippen MR) is 108 cm³/mol. The summed E-state index contributed by atoms with van der Waals surface area (Å²) in [6.07, 6.45) is 4.77. The summed E-state index contributed by atoms with van der Waals surface area (Å²) in [5, 5.41) is 0. The minimum absolute atomic E-state index is 0.0806. The lowest BCUT2D eigenvalue weighted by molar-refractivity contribution is 0.0846. The molecule has 0 spiro atoms. The Balaban J connectivity index is 1.43. The van der Waals surface area contributed by atoms with E-state index in [1.165, 1.54) is 39.7 Å². The van der Waals surface area contributed by atoms with Crippen LogP contribution in [-0.2, 0) is 22.9 Å². The van der Waals surface area contributed by atoms with Crippen LogP contribution in [-0.4, -0.2) is 37.6 Å². The van der Waals surface area contributed by atoms with E-state index in [1.807, 2.05) is 12.1 Å². The van der Waals surface area contributed by atoms with E-state index >= 15 is 0 Å². The Morgan fingerprint density at radius 3 is 2.17 bits per heavy atom. The van der Waals surface area contributed by atoms with E-state index in [0.29, 0.717) is 18.7 Å². The average Bonchev–Trinajstić information content (AvgIpc) is 3.43. The molecule has 1 aliphatic heterocycles. The summed E-state index contributed by atoms with van der Waals surface area (Å²) >= 11 is 0. The maximum absolute atomic E-state index is 12.7. The first-order valence-corrected chi connectivity index (χ1v) is 11.2. The van der Waals surface area contributed by atoms with Crippen molar-refractivity contribution in [1.82, 2.24) is 15.2 Å². The molecular weight excluding hydrogens is 390 g/mol. The van der Waals surface area contributed by atoms with Gasteiger partial charge in [-0.05, 0) is 73.6 Å². The fourth-order valence-corrected chi connectivity index (χ4v) is 5.41. The third kappa shape index (κ3) is 4.04. The van der Waals surface area contributed by atoms with Crippen molar-refractivity contribution in [1.29, 1.82) is 0 Å². The first kappa shape index (κ1) is 19.6. The van der Waals surface area contributed by atoms with E-state index in [1.54, 1.807) is 6.07 Å². The maximum atomic E-state index is 12.7. The Morgan fingerprint density at radius 2 is 1.45 bits per heavy atom. The molecule has 152 valence electrons. The van der Waals surface area contributed by atoms with Crippen molar-refractivity contribution < 1.29 is 18.0 Å². The fraction of sp³-hybridized carbons (Fsp3) is 0.333. The zero-order valence-electron chi connectivity index (χ0n) is 16.0. The average molecular weight is 413 g/mol. The summed E-state index contributed by atoms with van der Waals surface area (Å²) in [5.41, 5.74) is 7.85. The number of nitrogens with one attached hydrogen (secondary N) is 2. The van der Waals surface area contributed by atoms with Crippen molar-refractivity contribution >= 4 is 21.8 Å². The lowest BCUT2D eigenvalue weighted by Crippen LogP contribution is -2.41. The van der Waals surface area contributed by atoms with Gasteiger partial charge in [0.2, 0.25) is 10.0 Å². The van der Waals surface area contributed by atoms with Gasteiger partial charge in [0.05, 0.1) is 4.90 Å². The second-order valence-electron chi connectivity index (χ2n) is 7.38. The second-order valence-corrected chi connectivity index (χ2v) is 9.32. The molecule has 2 aromatic rings. The van der Waals surface area contributed by atoms with Crippen LogP contribution in [0.25, 0.3) is 0 Å². The molecule has 2 aromatic carbocycles. The van der Waals surface area contributed by atoms with E-state index in [-0.39, 0.29) is 10.5 Å². The molecule has 0 atom stereocenters. The van der Waals surface area contributed by atoms with Gasteiger partial charge in [0.1, 0.15) is 0 Å². The third-order valence-electron chi connectivity index (χ3n) is 5.45. The largest absolute Gasteiger partial charge is 0.269 e. The number of benzene rings is 2. The molecule has 8 heteroatoms. The van der Waals surface area contributed by atoms with Gasteiger partial charge in [-0.25, -0.2) is 8.42 Å². The number of fused-ring (bicyclic) bond motifs is 1. The van der Waals surface area contributed by atoms with Gasteiger partial charge in [-0.3, -0.25) is 20.4 Å². The Hall–Kier alpha value is -2.71. The third-order valence-corrected chi connectivity index (χ3v) is 7.34. The van der Waals surface area contributed by atoms with Gasteiger partial charge in [-0.2, -0.15) is 4.31 Å². The highest BCUT2D eigenvalue weighted by Gasteiger charge is 2.27. The van der Waals surface area contributed by atoms with Gasteiger partial charge in [-0.15, -0.1) is 0 Å². The molecule has 1 heterocycles. The van der Waals surface area contributed by atoms with Crippen LogP contribution in [0.1, 0.15) is 51.1 Å². The standard InChI is InChI=1S/C21H23N3O4S/c25-20(22-23-21(26)18-10-9-15-5-3-6-16(15)13-18)17-7-4-8-19(14-17)29(27,28)24-11-1-2-12-24/h4,7-10,13-14H,1-3,5-6,11-12H2,(H,22,25)(H,23,26). The number of hydrogen-bond donors (Lipinski definition) is 2. The molecule has 1 fully saturated rings. The number of nitrogens with zero attached hydrogens (tertiary/aromatic N) is 1. The van der Waals surface area contributed by atoms with Gasteiger partial charge in [0.15, 0.2) is 0 Å². The van der Waals surface area contributed by atoms with E-state index in [2.05, 4.69) is 10.9 Å². The van der Waals surface area contributed by atoms with Crippen LogP contribution in [0.3, 0.4) is 0 Å². The minimum atomic E-state index is -3.61. The summed E-state index contributed by atoms with van der Waals surface area (Å²) in [4.78, 5) is 24.9. The van der Waals surface area contributed by atoms with Crippen LogP contribution in [0.4, 0.5) is 0 Å². The van der Waals surface area contributed by atoms with Crippen LogP contribution < -0.4 is 10.9 Å². The van der Waals surface area contributed by atoms with Crippen molar-refractivity contribution in [2.75, 3.05) is 13.1 Å². The zero-order valence-corrected chi connectivity index (χ0v) is 16.8. The van der Waals surface area contributed by atoms with Gasteiger partial charge in [0.25, 0.3) is 11.8 Å². The van der Waals surface area contributed by atoms with Crippen molar-refractivity contribution in [3.63, 3.8) is 0 Å². The van der Waals surface area contributed by atoms with Crippen LogP contribution in [0.15, 0.2) is 47.4 Å². The minimum Gasteiger partial charge on any atom is -0.267 e. The Morgan fingerprint density at radius 1 is 0.793 bits per heavy atom. The number of carbonyl (C=O) groups is 2. The second kappa shape index (κ2) is 7.96. The number of carbonyl (C=O) groups excluding carboxylic acids is 2. The van der Waals surface area contributed by atoms with E-state index in [4.69, 9.17) is 0 Å². The highest BCUT2D eigenvalue weighted by molar-refractivity contribution is 7.89. The summed E-state index contributed by atoms with van der Waals surface area (Å²) in [6.45, 7) is 0.991. The highest BCUT2D eigenvalue weighted by atomic mass is 32.2. The fourth-order valence-electron chi connectivity index (χ4n) is 3.85. The van der Waals surface area contributed by atoms with Gasteiger partial charge in [0, 0.05) is 24.2 Å². The highest BCUT2D eigenvalue weighted by Crippen LogP contribution is 2.23. The molecule has 0 radical (unpaired) electrons. The first-order chi connectivity index (χ1) is 13.9. The van der Waals surface area contributed by atoms with Crippen molar-refractivity contribution in [2.45, 2.75) is 37.0 Å². The Bertz CT molecular complexity index is 1060. The molecule has 1 aliphatic carbocycles. The number of hydrazine groups is 1. The van der Waals surface area contributed by atoms with E-state index < -0.39 is 21.8 Å². The summed E-state index contributed by atoms with van der Waals surface area (Å²) in [6, 6.07) is 11.4. The van der Waals surface area contributed by atoms with E-state index in [0.717, 1.165) is 32.1 Å². The molecule has 1 saturated heterocycles. The molecule has 0 aromatic heterocycles. The number of rotatable bonds is 4. The normalized spacial score (nSPS) is 16.4. The molecule has 4 rings (SSSR count). The van der Waals surface area contributed by atoms with Crippen LogP contribution >= 0.6 is 0 Å². The number of aryl methyl sites for hydroxylation is 2. The van der Waals surface area contributed by atoms with Crippen molar-refractivity contribution in [2.24, 2.45) is 0 Å². The monoisotopic (exact) mass is 413 g/mol. The zero-order chi connectivity index (χ0) is 20.4. The molecule has 0 saturated carbocycles. The molecule has 2 N–H and O–H groups in total. The smallest absolute Gasteiger partial charge is 0.267 e. The summed E-state index contributed by atoms with van der Waals surface area (Å²) in [5.74, 6) is -0.980. The molecular formula is C21H23N3O4S. The summed E-state index contributed by atoms with van der Waals surface area (Å²) < 4.78 is 26.8. The number of hydrogen-bond acceptors (Lipinski definition) is 4. The van der Waals surface area contributed by atoms with Crippen molar-refractivity contribution in [3.05, 3.63) is 64.7 Å². The lowest BCUT2D eigenvalue weighted by Gasteiger charge is -2.16. The predicted octanol–water partition coefficient (Wildman–Crippen LogP) is 2.03. The van der Waals surface area contributed by atoms with Crippen LogP contribution in [0.2, 0.25) is 0 Å². The van der Waals surface area contributed by atoms with Gasteiger partial charge < -0.3 is 0 Å².